The predicted molar refractivity (Wildman–Crippen MR) is 136 cm³/mol. The molecule has 1 aromatic heterocycles. The van der Waals surface area contributed by atoms with E-state index in [-0.39, 0.29) is 45.7 Å². The number of hydrogen-bond acceptors (Lipinski definition) is 5. The number of hydrogen-bond donors (Lipinski definition) is 2. The van der Waals surface area contributed by atoms with Crippen LogP contribution in [0.4, 0.5) is 10.2 Å². The van der Waals surface area contributed by atoms with E-state index in [0.29, 0.717) is 11.6 Å². The van der Waals surface area contributed by atoms with Gasteiger partial charge in [0, 0.05) is 36.4 Å². The lowest BCUT2D eigenvalue weighted by molar-refractivity contribution is -0.135. The third-order valence-corrected chi connectivity index (χ3v) is 7.73. The van der Waals surface area contributed by atoms with Crippen molar-refractivity contribution in [2.75, 3.05) is 4.90 Å². The van der Waals surface area contributed by atoms with E-state index in [1.165, 1.54) is 6.07 Å². The Hall–Kier alpha value is -2.58. The zero-order chi connectivity index (χ0) is 25.6. The maximum absolute atomic E-state index is 13.9. The SMILES string of the molecule is CC(C)(Oc1cc(F)c(Cl)cc1Cl)C(=O)NC1C[C@H]2CC[C@@H](C1)N2c1ccc(C(=O)NC2CC2)cn1. The van der Waals surface area contributed by atoms with Crippen molar-refractivity contribution >= 4 is 40.8 Å². The second-order valence-electron chi connectivity index (χ2n) is 10.4. The van der Waals surface area contributed by atoms with Crippen LogP contribution in [0.2, 0.25) is 10.0 Å². The van der Waals surface area contributed by atoms with Crippen molar-refractivity contribution in [2.45, 2.75) is 82.1 Å². The average Bonchev–Trinajstić information content (AvgIpc) is 3.60. The molecule has 3 aliphatic rings. The summed E-state index contributed by atoms with van der Waals surface area (Å²) in [5.41, 5.74) is -0.693. The van der Waals surface area contributed by atoms with Gasteiger partial charge in [0.1, 0.15) is 17.4 Å². The minimum absolute atomic E-state index is 0.0184. The fraction of sp³-hybridized carbons (Fsp3) is 0.500. The van der Waals surface area contributed by atoms with Crippen molar-refractivity contribution in [2.24, 2.45) is 0 Å². The molecule has 3 fully saturated rings. The molecular weight excluding hydrogens is 506 g/mol. The van der Waals surface area contributed by atoms with Crippen molar-refractivity contribution in [3.05, 3.63) is 51.9 Å². The topological polar surface area (TPSA) is 83.6 Å². The summed E-state index contributed by atoms with van der Waals surface area (Å²) >= 11 is 11.9. The number of carbonyl (C=O) groups excluding carboxylic acids is 2. The minimum Gasteiger partial charge on any atom is -0.476 e. The third-order valence-electron chi connectivity index (χ3n) is 7.14. The normalized spacial score (nSPS) is 23.4. The van der Waals surface area contributed by atoms with Gasteiger partial charge in [-0.1, -0.05) is 23.2 Å². The molecule has 7 nitrogen and oxygen atoms in total. The first-order valence-electron chi connectivity index (χ1n) is 12.3. The summed E-state index contributed by atoms with van der Waals surface area (Å²) in [5, 5.41) is 6.13. The molecular formula is C26H29Cl2FN4O3. The monoisotopic (exact) mass is 534 g/mol. The molecule has 1 aliphatic carbocycles. The second kappa shape index (κ2) is 9.71. The molecule has 2 aromatic rings. The van der Waals surface area contributed by atoms with Crippen molar-refractivity contribution in [3.63, 3.8) is 0 Å². The van der Waals surface area contributed by atoms with Gasteiger partial charge in [-0.05, 0) is 70.6 Å². The fourth-order valence-electron chi connectivity index (χ4n) is 5.10. The second-order valence-corrected chi connectivity index (χ2v) is 11.2. The van der Waals surface area contributed by atoms with Gasteiger partial charge in [0.2, 0.25) is 0 Å². The quantitative estimate of drug-likeness (QED) is 0.494. The van der Waals surface area contributed by atoms with Crippen LogP contribution in [0.15, 0.2) is 30.5 Å². The van der Waals surface area contributed by atoms with Gasteiger partial charge in [-0.25, -0.2) is 9.37 Å². The summed E-state index contributed by atoms with van der Waals surface area (Å²) < 4.78 is 19.7. The van der Waals surface area contributed by atoms with Gasteiger partial charge in [-0.3, -0.25) is 9.59 Å². The number of aromatic nitrogens is 1. The van der Waals surface area contributed by atoms with Crippen LogP contribution in [0.25, 0.3) is 0 Å². The van der Waals surface area contributed by atoms with Gasteiger partial charge in [0.05, 0.1) is 15.6 Å². The summed E-state index contributed by atoms with van der Waals surface area (Å²) in [4.78, 5) is 32.3. The molecule has 2 bridgehead atoms. The first kappa shape index (κ1) is 25.1. The lowest BCUT2D eigenvalue weighted by atomic mass is 9.96. The number of nitrogens with zero attached hydrogens (tertiary/aromatic N) is 2. The number of halogens is 3. The van der Waals surface area contributed by atoms with Crippen LogP contribution in [0.1, 0.15) is 62.7 Å². The number of anilines is 1. The number of fused-ring (bicyclic) bond motifs is 2. The molecule has 2 amide bonds. The van der Waals surface area contributed by atoms with Gasteiger partial charge in [-0.15, -0.1) is 0 Å². The number of rotatable bonds is 7. The van der Waals surface area contributed by atoms with Crippen LogP contribution >= 0.6 is 23.2 Å². The van der Waals surface area contributed by atoms with Crippen molar-refractivity contribution in [3.8, 4) is 5.75 Å². The smallest absolute Gasteiger partial charge is 0.263 e. The minimum atomic E-state index is -1.27. The van der Waals surface area contributed by atoms with Crippen LogP contribution in [-0.2, 0) is 4.79 Å². The molecule has 192 valence electrons. The molecule has 5 rings (SSSR count). The highest BCUT2D eigenvalue weighted by molar-refractivity contribution is 6.35. The average molecular weight is 535 g/mol. The highest BCUT2D eigenvalue weighted by Crippen LogP contribution is 2.39. The molecule has 2 aliphatic heterocycles. The van der Waals surface area contributed by atoms with Gasteiger partial charge in [0.25, 0.3) is 11.8 Å². The van der Waals surface area contributed by atoms with Crippen molar-refractivity contribution in [1.82, 2.24) is 15.6 Å². The summed E-state index contributed by atoms with van der Waals surface area (Å²) in [6, 6.07) is 6.88. The summed E-state index contributed by atoms with van der Waals surface area (Å²) in [7, 11) is 0. The molecule has 1 saturated carbocycles. The van der Waals surface area contributed by atoms with E-state index in [1.54, 1.807) is 20.0 Å². The van der Waals surface area contributed by atoms with E-state index in [0.717, 1.165) is 50.4 Å². The standard InChI is InChI=1S/C26H29Cl2FN4O3/c1-26(2,36-22-12-21(29)19(27)11-20(22)28)25(35)32-16-9-17-6-7-18(10-16)33(17)23-8-3-14(13-30-23)24(34)31-15-4-5-15/h3,8,11-13,15-18H,4-7,9-10H2,1-2H3,(H,31,34)(H,32,35)/t16?,17-,18+. The van der Waals surface area contributed by atoms with Crippen LogP contribution in [-0.4, -0.2) is 46.6 Å². The predicted octanol–water partition coefficient (Wildman–Crippen LogP) is 4.89. The number of ether oxygens (including phenoxy) is 1. The lowest BCUT2D eigenvalue weighted by Gasteiger charge is -2.40. The molecule has 2 N–H and O–H groups in total. The Morgan fingerprint density at radius 3 is 2.33 bits per heavy atom. The van der Waals surface area contributed by atoms with Crippen LogP contribution in [0.3, 0.4) is 0 Å². The lowest BCUT2D eigenvalue weighted by Crippen LogP contribution is -2.55. The number of piperidine rings is 1. The molecule has 1 aromatic carbocycles. The molecule has 36 heavy (non-hydrogen) atoms. The zero-order valence-electron chi connectivity index (χ0n) is 20.2. The summed E-state index contributed by atoms with van der Waals surface area (Å²) in [6.45, 7) is 3.25. The van der Waals surface area contributed by atoms with Crippen LogP contribution < -0.4 is 20.3 Å². The Labute approximate surface area is 219 Å². The van der Waals surface area contributed by atoms with Gasteiger partial charge in [0.15, 0.2) is 5.60 Å². The molecule has 1 unspecified atom stereocenters. The van der Waals surface area contributed by atoms with E-state index in [2.05, 4.69) is 20.5 Å². The number of nitrogens with one attached hydrogen (secondary N) is 2. The number of carbonyl (C=O) groups is 2. The van der Waals surface area contributed by atoms with Crippen LogP contribution in [0.5, 0.6) is 5.75 Å². The Morgan fingerprint density at radius 1 is 1.03 bits per heavy atom. The van der Waals surface area contributed by atoms with Gasteiger partial charge in [-0.2, -0.15) is 0 Å². The van der Waals surface area contributed by atoms with Crippen molar-refractivity contribution < 1.29 is 18.7 Å². The van der Waals surface area contributed by atoms with E-state index < -0.39 is 11.4 Å². The first-order chi connectivity index (χ1) is 17.1. The van der Waals surface area contributed by atoms with E-state index in [1.807, 2.05) is 12.1 Å². The fourth-order valence-corrected chi connectivity index (χ4v) is 5.52. The molecule has 0 radical (unpaired) electrons. The molecule has 0 spiro atoms. The van der Waals surface area contributed by atoms with E-state index >= 15 is 0 Å². The zero-order valence-corrected chi connectivity index (χ0v) is 21.7. The number of benzene rings is 1. The Bertz CT molecular complexity index is 1160. The Kier molecular flexibility index (Phi) is 6.76. The van der Waals surface area contributed by atoms with Gasteiger partial charge >= 0.3 is 0 Å². The molecule has 2 saturated heterocycles. The largest absolute Gasteiger partial charge is 0.476 e. The number of amides is 2. The Morgan fingerprint density at radius 2 is 1.72 bits per heavy atom. The maximum atomic E-state index is 13.9. The van der Waals surface area contributed by atoms with Gasteiger partial charge < -0.3 is 20.3 Å². The summed E-state index contributed by atoms with van der Waals surface area (Å²) in [5.74, 6) is -0.113. The number of pyridine rings is 1. The highest BCUT2D eigenvalue weighted by Gasteiger charge is 2.43. The Balaban J connectivity index is 1.20. The molecule has 3 atom stereocenters. The maximum Gasteiger partial charge on any atom is 0.263 e. The van der Waals surface area contributed by atoms with Crippen LogP contribution in [0, 0.1) is 5.82 Å². The van der Waals surface area contributed by atoms with Crippen molar-refractivity contribution in [1.29, 1.82) is 0 Å². The molecule has 10 heteroatoms. The first-order valence-corrected chi connectivity index (χ1v) is 13.1. The van der Waals surface area contributed by atoms with E-state index in [4.69, 9.17) is 27.9 Å². The summed E-state index contributed by atoms with van der Waals surface area (Å²) in [6.07, 6.45) is 7.32. The highest BCUT2D eigenvalue weighted by atomic mass is 35.5. The molecule has 3 heterocycles. The third kappa shape index (κ3) is 5.25. The van der Waals surface area contributed by atoms with E-state index in [9.17, 15) is 14.0 Å².